The maximum Gasteiger partial charge on any atom is 0.244 e. The largest absolute Gasteiger partial charge is 0.493 e. The van der Waals surface area contributed by atoms with Crippen molar-refractivity contribution in [3.8, 4) is 11.5 Å². The highest BCUT2D eigenvalue weighted by Gasteiger charge is 2.12. The van der Waals surface area contributed by atoms with Crippen molar-refractivity contribution in [2.75, 3.05) is 14.2 Å². The second-order valence-electron chi connectivity index (χ2n) is 5.31. The highest BCUT2D eigenvalue weighted by Crippen LogP contribution is 2.36. The number of hydrogen-bond acceptors (Lipinski definition) is 3. The van der Waals surface area contributed by atoms with E-state index in [4.69, 9.17) is 21.1 Å². The van der Waals surface area contributed by atoms with E-state index in [0.717, 1.165) is 5.56 Å². The number of carbonyl (C=O) groups excluding carboxylic acids is 1. The number of rotatable bonds is 4. The van der Waals surface area contributed by atoms with Gasteiger partial charge in [0.05, 0.1) is 19.2 Å². The summed E-state index contributed by atoms with van der Waals surface area (Å²) in [5.74, 6) is 0.838. The molecule has 1 N–H and O–H groups in total. The van der Waals surface area contributed by atoms with Crippen LogP contribution in [0, 0.1) is 0 Å². The molecule has 0 saturated carbocycles. The number of amides is 1. The van der Waals surface area contributed by atoms with Gasteiger partial charge in [-0.1, -0.05) is 11.6 Å². The van der Waals surface area contributed by atoms with Crippen LogP contribution in [0.15, 0.2) is 18.2 Å². The van der Waals surface area contributed by atoms with Crippen LogP contribution >= 0.6 is 11.6 Å². The van der Waals surface area contributed by atoms with Crippen LogP contribution in [0.3, 0.4) is 0 Å². The van der Waals surface area contributed by atoms with E-state index in [1.807, 2.05) is 20.8 Å². The number of nitrogens with one attached hydrogen (secondary N) is 1. The fraction of sp³-hybridized carbons (Fsp3) is 0.400. The van der Waals surface area contributed by atoms with Gasteiger partial charge in [-0.3, -0.25) is 4.79 Å². The minimum atomic E-state index is -0.267. The third-order valence-electron chi connectivity index (χ3n) is 2.38. The van der Waals surface area contributed by atoms with Gasteiger partial charge in [-0.05, 0) is 44.5 Å². The van der Waals surface area contributed by atoms with Crippen LogP contribution in [0.4, 0.5) is 0 Å². The van der Waals surface area contributed by atoms with Crippen molar-refractivity contribution in [2.45, 2.75) is 26.3 Å². The van der Waals surface area contributed by atoms with E-state index in [1.165, 1.54) is 20.3 Å². The quantitative estimate of drug-likeness (QED) is 0.868. The number of methoxy groups -OCH3 is 2. The predicted molar refractivity (Wildman–Crippen MR) is 81.5 cm³/mol. The first-order chi connectivity index (χ1) is 9.26. The molecule has 0 aliphatic heterocycles. The molecule has 0 heterocycles. The Bertz CT molecular complexity index is 519. The lowest BCUT2D eigenvalue weighted by Gasteiger charge is -2.19. The highest BCUT2D eigenvalue weighted by molar-refractivity contribution is 6.32. The van der Waals surface area contributed by atoms with Crippen LogP contribution in [0.2, 0.25) is 5.02 Å². The first kappa shape index (κ1) is 16.4. The maximum absolute atomic E-state index is 11.7. The summed E-state index contributed by atoms with van der Waals surface area (Å²) >= 11 is 6.10. The van der Waals surface area contributed by atoms with Gasteiger partial charge in [0.1, 0.15) is 0 Å². The van der Waals surface area contributed by atoms with Gasteiger partial charge in [-0.15, -0.1) is 0 Å². The minimum Gasteiger partial charge on any atom is -0.493 e. The molecule has 0 saturated heterocycles. The Hall–Kier alpha value is -1.68. The lowest BCUT2D eigenvalue weighted by molar-refractivity contribution is -0.117. The Labute approximate surface area is 124 Å². The van der Waals surface area contributed by atoms with Crippen molar-refractivity contribution in [3.05, 3.63) is 28.8 Å². The molecule has 110 valence electrons. The van der Waals surface area contributed by atoms with E-state index in [9.17, 15) is 4.79 Å². The molecule has 4 nitrogen and oxygen atoms in total. The average Bonchev–Trinajstić information content (AvgIpc) is 2.33. The first-order valence-corrected chi connectivity index (χ1v) is 6.56. The monoisotopic (exact) mass is 297 g/mol. The molecule has 0 aromatic heterocycles. The maximum atomic E-state index is 11.7. The Balaban J connectivity index is 2.93. The molecular weight excluding hydrogens is 278 g/mol. The van der Waals surface area contributed by atoms with Gasteiger partial charge in [0.25, 0.3) is 0 Å². The smallest absolute Gasteiger partial charge is 0.244 e. The van der Waals surface area contributed by atoms with Crippen LogP contribution in [-0.4, -0.2) is 25.7 Å². The molecule has 0 radical (unpaired) electrons. The van der Waals surface area contributed by atoms with Gasteiger partial charge in [0.15, 0.2) is 11.5 Å². The van der Waals surface area contributed by atoms with E-state index < -0.39 is 0 Å². The standard InChI is InChI=1S/C15H20ClNO3/c1-15(2,3)17-13(18)7-6-10-8-11(16)14(20-5)12(9-10)19-4/h6-9H,1-5H3,(H,17,18)/b7-6+. The zero-order valence-electron chi connectivity index (χ0n) is 12.4. The molecule has 1 amide bonds. The Morgan fingerprint density at radius 3 is 2.40 bits per heavy atom. The summed E-state index contributed by atoms with van der Waals surface area (Å²) in [5, 5.41) is 3.27. The minimum absolute atomic E-state index is 0.164. The normalized spacial score (nSPS) is 11.5. The lowest BCUT2D eigenvalue weighted by atomic mass is 10.1. The zero-order chi connectivity index (χ0) is 15.3. The Morgan fingerprint density at radius 2 is 1.90 bits per heavy atom. The Morgan fingerprint density at radius 1 is 1.25 bits per heavy atom. The highest BCUT2D eigenvalue weighted by atomic mass is 35.5. The van der Waals surface area contributed by atoms with Gasteiger partial charge >= 0.3 is 0 Å². The second-order valence-corrected chi connectivity index (χ2v) is 5.72. The van der Waals surface area contributed by atoms with E-state index in [1.54, 1.807) is 18.2 Å². The summed E-state index contributed by atoms with van der Waals surface area (Å²) < 4.78 is 10.4. The molecule has 0 atom stereocenters. The third kappa shape index (κ3) is 4.78. The summed E-state index contributed by atoms with van der Waals surface area (Å²) in [6, 6.07) is 3.47. The summed E-state index contributed by atoms with van der Waals surface area (Å²) in [4.78, 5) is 11.7. The Kier molecular flexibility index (Phi) is 5.45. The first-order valence-electron chi connectivity index (χ1n) is 6.18. The molecule has 5 heteroatoms. The van der Waals surface area contributed by atoms with E-state index >= 15 is 0 Å². The van der Waals surface area contributed by atoms with E-state index in [0.29, 0.717) is 16.5 Å². The molecule has 0 aliphatic rings. The third-order valence-corrected chi connectivity index (χ3v) is 2.66. The molecule has 20 heavy (non-hydrogen) atoms. The molecule has 0 spiro atoms. The van der Waals surface area contributed by atoms with Gasteiger partial charge in [-0.25, -0.2) is 0 Å². The molecule has 1 rings (SSSR count). The topological polar surface area (TPSA) is 47.6 Å². The number of ether oxygens (including phenoxy) is 2. The van der Waals surface area contributed by atoms with Crippen molar-refractivity contribution in [2.24, 2.45) is 0 Å². The van der Waals surface area contributed by atoms with Crippen LogP contribution in [0.25, 0.3) is 6.08 Å². The van der Waals surface area contributed by atoms with E-state index in [-0.39, 0.29) is 11.4 Å². The van der Waals surface area contributed by atoms with Crippen molar-refractivity contribution >= 4 is 23.6 Å². The number of carbonyl (C=O) groups is 1. The van der Waals surface area contributed by atoms with Crippen molar-refractivity contribution in [1.29, 1.82) is 0 Å². The van der Waals surface area contributed by atoms with Crippen LogP contribution in [-0.2, 0) is 4.79 Å². The lowest BCUT2D eigenvalue weighted by Crippen LogP contribution is -2.39. The fourth-order valence-corrected chi connectivity index (χ4v) is 1.91. The van der Waals surface area contributed by atoms with E-state index in [2.05, 4.69) is 5.32 Å². The SMILES string of the molecule is COc1cc(/C=C/C(=O)NC(C)(C)C)cc(Cl)c1OC. The second kappa shape index (κ2) is 6.66. The molecule has 0 unspecified atom stereocenters. The molecular formula is C15H20ClNO3. The number of hydrogen-bond donors (Lipinski definition) is 1. The van der Waals surface area contributed by atoms with Crippen LogP contribution in [0.5, 0.6) is 11.5 Å². The zero-order valence-corrected chi connectivity index (χ0v) is 13.2. The van der Waals surface area contributed by atoms with Crippen molar-refractivity contribution < 1.29 is 14.3 Å². The van der Waals surface area contributed by atoms with Crippen molar-refractivity contribution in [1.82, 2.24) is 5.32 Å². The van der Waals surface area contributed by atoms with Gasteiger partial charge < -0.3 is 14.8 Å². The van der Waals surface area contributed by atoms with Crippen molar-refractivity contribution in [3.63, 3.8) is 0 Å². The molecule has 0 bridgehead atoms. The van der Waals surface area contributed by atoms with Crippen LogP contribution in [0.1, 0.15) is 26.3 Å². The fourth-order valence-electron chi connectivity index (χ4n) is 1.62. The predicted octanol–water partition coefficient (Wildman–Crippen LogP) is 3.29. The molecule has 1 aromatic rings. The summed E-state index contributed by atoms with van der Waals surface area (Å²) in [5.41, 5.74) is 0.494. The molecule has 0 aliphatic carbocycles. The van der Waals surface area contributed by atoms with Gasteiger partial charge in [0, 0.05) is 11.6 Å². The summed E-state index contributed by atoms with van der Waals surface area (Å²) in [6.07, 6.45) is 3.14. The van der Waals surface area contributed by atoms with Gasteiger partial charge in [-0.2, -0.15) is 0 Å². The number of halogens is 1. The van der Waals surface area contributed by atoms with Crippen LogP contribution < -0.4 is 14.8 Å². The number of benzene rings is 1. The average molecular weight is 298 g/mol. The summed E-state index contributed by atoms with van der Waals surface area (Å²) in [7, 11) is 3.06. The molecule has 1 aromatic carbocycles. The van der Waals surface area contributed by atoms with Gasteiger partial charge in [0.2, 0.25) is 5.91 Å². The summed E-state index contributed by atoms with van der Waals surface area (Å²) in [6.45, 7) is 5.77. The molecule has 0 fully saturated rings.